The third-order valence-corrected chi connectivity index (χ3v) is 8.35. The lowest BCUT2D eigenvalue weighted by atomic mass is 9.32. The zero-order valence-electron chi connectivity index (χ0n) is 25.0. The summed E-state index contributed by atoms with van der Waals surface area (Å²) in [6, 6.07) is 32.7. The number of hydrogen-bond acceptors (Lipinski definition) is 1. The molecule has 0 bridgehead atoms. The molecule has 4 aromatic rings. The fraction of sp³-hybridized carbons (Fsp3) is 0.378. The van der Waals surface area contributed by atoms with Crippen molar-refractivity contribution < 1.29 is 4.39 Å². The van der Waals surface area contributed by atoms with Crippen LogP contribution in [-0.4, -0.2) is 16.3 Å². The molecule has 1 fully saturated rings. The molecule has 0 aliphatic heterocycles. The summed E-state index contributed by atoms with van der Waals surface area (Å²) in [5.41, 5.74) is 5.42. The number of halogens is 1. The van der Waals surface area contributed by atoms with Gasteiger partial charge in [0.1, 0.15) is 5.83 Å². The fourth-order valence-electron chi connectivity index (χ4n) is 6.35. The van der Waals surface area contributed by atoms with E-state index in [9.17, 15) is 4.39 Å². The summed E-state index contributed by atoms with van der Waals surface area (Å²) in [5, 5.41) is 0. The molecule has 1 saturated carbocycles. The second-order valence-corrected chi connectivity index (χ2v) is 11.4. The van der Waals surface area contributed by atoms with Crippen molar-refractivity contribution in [3.05, 3.63) is 127 Å². The van der Waals surface area contributed by atoms with Crippen molar-refractivity contribution in [2.45, 2.75) is 89.9 Å². The third kappa shape index (κ3) is 9.31. The number of benzene rings is 3. The van der Waals surface area contributed by atoms with E-state index >= 15 is 0 Å². The standard InChI is InChI=1S/C19H25FN2.C18H21B/c1-3-8-17(16-10-6-5-7-11-16)12-19-13-21-15-22(19)14-18(20)9-4-2;1-4-10-16(11-5-1)19(17-12-6-2-7-13-17)18-14-8-3-9-15-18/h5-7,9-11,13,15,17H,3-4,8,12,14H2,1-2H3;1-2,4-7,10-13,18H,3,8-9,14-15H2. The van der Waals surface area contributed by atoms with Crippen LogP contribution >= 0.6 is 0 Å². The van der Waals surface area contributed by atoms with Gasteiger partial charge >= 0.3 is 0 Å². The predicted molar refractivity (Wildman–Crippen MR) is 174 cm³/mol. The van der Waals surface area contributed by atoms with Crippen LogP contribution in [0.1, 0.15) is 82.4 Å². The van der Waals surface area contributed by atoms with E-state index in [-0.39, 0.29) is 12.4 Å². The van der Waals surface area contributed by atoms with Crippen molar-refractivity contribution in [3.8, 4) is 0 Å². The first-order chi connectivity index (χ1) is 20.2. The quantitative estimate of drug-likeness (QED) is 0.171. The van der Waals surface area contributed by atoms with Gasteiger partial charge in [0, 0.05) is 11.9 Å². The van der Waals surface area contributed by atoms with Gasteiger partial charge in [0.15, 0.2) is 0 Å². The Hall–Kier alpha value is -3.40. The molecule has 41 heavy (non-hydrogen) atoms. The first-order valence-corrected chi connectivity index (χ1v) is 15.7. The molecular formula is C37H46BFN2. The van der Waals surface area contributed by atoms with E-state index in [0.29, 0.717) is 12.6 Å². The predicted octanol–water partition coefficient (Wildman–Crippen LogP) is 8.90. The average molecular weight is 549 g/mol. The lowest BCUT2D eigenvalue weighted by Crippen LogP contribution is -2.46. The Morgan fingerprint density at radius 2 is 1.46 bits per heavy atom. The van der Waals surface area contributed by atoms with E-state index in [2.05, 4.69) is 96.8 Å². The molecule has 3 aromatic carbocycles. The SMILES string of the molecule is CCC=C(F)Cn1cncc1CC(CCC)c1ccccc1.c1ccc(B(c2ccccc2)C2CCCCC2)cc1. The molecule has 2 nitrogen and oxygen atoms in total. The van der Waals surface area contributed by atoms with Crippen LogP contribution in [0.15, 0.2) is 115 Å². The average Bonchev–Trinajstić information content (AvgIpc) is 3.45. The summed E-state index contributed by atoms with van der Waals surface area (Å²) in [7, 11) is 0. The highest BCUT2D eigenvalue weighted by Gasteiger charge is 2.29. The van der Waals surface area contributed by atoms with E-state index in [1.54, 1.807) is 12.4 Å². The molecule has 1 unspecified atom stereocenters. The van der Waals surface area contributed by atoms with Gasteiger partial charge in [-0.05, 0) is 30.7 Å². The molecule has 0 spiro atoms. The number of allylic oxidation sites excluding steroid dienone is 2. The highest BCUT2D eigenvalue weighted by Crippen LogP contribution is 2.31. The smallest absolute Gasteiger partial charge is 0.212 e. The van der Waals surface area contributed by atoms with Crippen molar-refractivity contribution in [2.24, 2.45) is 0 Å². The van der Waals surface area contributed by atoms with Crippen LogP contribution in [0.5, 0.6) is 0 Å². The summed E-state index contributed by atoms with van der Waals surface area (Å²) in [6.07, 6.45) is 16.1. The molecule has 0 radical (unpaired) electrons. The summed E-state index contributed by atoms with van der Waals surface area (Å²) >= 11 is 0. The zero-order valence-corrected chi connectivity index (χ0v) is 25.0. The number of hydrogen-bond donors (Lipinski definition) is 0. The molecular weight excluding hydrogens is 502 g/mol. The van der Waals surface area contributed by atoms with Crippen LogP contribution < -0.4 is 10.9 Å². The number of nitrogens with zero attached hydrogens (tertiary/aromatic N) is 2. The Labute approximate surface area is 247 Å². The lowest BCUT2D eigenvalue weighted by molar-refractivity contribution is 0.499. The van der Waals surface area contributed by atoms with Gasteiger partial charge in [-0.2, -0.15) is 0 Å². The van der Waals surface area contributed by atoms with Crippen molar-refractivity contribution in [2.75, 3.05) is 0 Å². The van der Waals surface area contributed by atoms with Gasteiger partial charge in [-0.3, -0.25) is 0 Å². The normalized spacial score (nSPS) is 14.7. The number of rotatable bonds is 11. The summed E-state index contributed by atoms with van der Waals surface area (Å²) in [5.74, 6) is 1.19. The summed E-state index contributed by atoms with van der Waals surface area (Å²) < 4.78 is 15.7. The third-order valence-electron chi connectivity index (χ3n) is 8.35. The summed E-state index contributed by atoms with van der Waals surface area (Å²) in [6.45, 7) is 5.03. The number of imidazole rings is 1. The maximum absolute atomic E-state index is 13.8. The van der Waals surface area contributed by atoms with Crippen molar-refractivity contribution >= 4 is 17.6 Å². The van der Waals surface area contributed by atoms with Crippen LogP contribution in [0.4, 0.5) is 4.39 Å². The van der Waals surface area contributed by atoms with Crippen molar-refractivity contribution in [1.82, 2.24) is 9.55 Å². The van der Waals surface area contributed by atoms with E-state index in [0.717, 1.165) is 37.2 Å². The minimum atomic E-state index is -0.0893. The van der Waals surface area contributed by atoms with E-state index in [1.807, 2.05) is 23.8 Å². The van der Waals surface area contributed by atoms with E-state index in [4.69, 9.17) is 0 Å². The second kappa shape index (κ2) is 16.8. The highest BCUT2D eigenvalue weighted by molar-refractivity contribution is 6.86. The maximum Gasteiger partial charge on any atom is 0.212 e. The molecule has 4 heteroatoms. The molecule has 1 aliphatic carbocycles. The second-order valence-electron chi connectivity index (χ2n) is 11.4. The van der Waals surface area contributed by atoms with Crippen LogP contribution in [-0.2, 0) is 13.0 Å². The Balaban J connectivity index is 0.000000191. The molecule has 1 aromatic heterocycles. The first-order valence-electron chi connectivity index (χ1n) is 15.7. The molecule has 1 atom stereocenters. The molecule has 0 N–H and O–H groups in total. The molecule has 0 amide bonds. The molecule has 214 valence electrons. The van der Waals surface area contributed by atoms with Gasteiger partial charge in [0.25, 0.3) is 0 Å². The van der Waals surface area contributed by atoms with Crippen LogP contribution in [0.2, 0.25) is 5.82 Å². The topological polar surface area (TPSA) is 17.8 Å². The Kier molecular flexibility index (Phi) is 12.5. The van der Waals surface area contributed by atoms with Crippen molar-refractivity contribution in [3.63, 3.8) is 0 Å². The Morgan fingerprint density at radius 1 is 0.878 bits per heavy atom. The molecule has 0 saturated heterocycles. The minimum Gasteiger partial charge on any atom is -0.328 e. The van der Waals surface area contributed by atoms with Gasteiger partial charge in [-0.1, -0.05) is 166 Å². The van der Waals surface area contributed by atoms with Gasteiger partial charge in [-0.15, -0.1) is 0 Å². The van der Waals surface area contributed by atoms with Gasteiger partial charge in [0.05, 0.1) is 12.9 Å². The zero-order chi connectivity index (χ0) is 28.7. The molecule has 5 rings (SSSR count). The Morgan fingerprint density at radius 3 is 2.02 bits per heavy atom. The largest absolute Gasteiger partial charge is 0.328 e. The maximum atomic E-state index is 13.8. The fourth-order valence-corrected chi connectivity index (χ4v) is 6.35. The monoisotopic (exact) mass is 548 g/mol. The molecule has 1 aliphatic rings. The van der Waals surface area contributed by atoms with Crippen LogP contribution in [0.3, 0.4) is 0 Å². The van der Waals surface area contributed by atoms with Crippen LogP contribution in [0.25, 0.3) is 0 Å². The Bertz CT molecular complexity index is 1240. The summed E-state index contributed by atoms with van der Waals surface area (Å²) in [4.78, 5) is 4.21. The van der Waals surface area contributed by atoms with Gasteiger partial charge in [-0.25, -0.2) is 9.37 Å². The van der Waals surface area contributed by atoms with Gasteiger partial charge in [0.2, 0.25) is 6.71 Å². The minimum absolute atomic E-state index is 0.0893. The van der Waals surface area contributed by atoms with Crippen molar-refractivity contribution in [1.29, 1.82) is 0 Å². The first kappa shape index (κ1) is 30.6. The molecule has 1 heterocycles. The highest BCUT2D eigenvalue weighted by atomic mass is 19.1. The van der Waals surface area contributed by atoms with E-state index in [1.165, 1.54) is 48.6 Å². The number of aromatic nitrogens is 2. The van der Waals surface area contributed by atoms with Gasteiger partial charge < -0.3 is 4.57 Å². The van der Waals surface area contributed by atoms with Crippen LogP contribution in [0, 0.1) is 0 Å². The lowest BCUT2D eigenvalue weighted by Gasteiger charge is -2.28. The van der Waals surface area contributed by atoms with E-state index < -0.39 is 0 Å².